The van der Waals surface area contributed by atoms with Crippen molar-refractivity contribution in [1.82, 2.24) is 15.5 Å². The zero-order valence-electron chi connectivity index (χ0n) is 20.5. The molecule has 186 valence electrons. The zero-order valence-corrected chi connectivity index (χ0v) is 20.5. The van der Waals surface area contributed by atoms with E-state index in [9.17, 15) is 19.8 Å². The van der Waals surface area contributed by atoms with Crippen molar-refractivity contribution in [3.8, 4) is 5.75 Å². The van der Waals surface area contributed by atoms with Crippen LogP contribution >= 0.6 is 0 Å². The van der Waals surface area contributed by atoms with Crippen molar-refractivity contribution >= 4 is 11.9 Å². The van der Waals surface area contributed by atoms with E-state index in [1.165, 1.54) is 5.56 Å². The molecular weight excluding hydrogens is 442 g/mol. The molecule has 3 fully saturated rings. The highest BCUT2D eigenvalue weighted by Crippen LogP contribution is 2.57. The molecule has 2 aromatic rings. The summed E-state index contributed by atoms with van der Waals surface area (Å²) in [6.07, 6.45) is 3.67. The van der Waals surface area contributed by atoms with Crippen LogP contribution in [-0.2, 0) is 16.6 Å². The van der Waals surface area contributed by atoms with Crippen LogP contribution in [0.3, 0.4) is 0 Å². The molecule has 1 saturated carbocycles. The largest absolute Gasteiger partial charge is 0.508 e. The predicted octanol–water partition coefficient (Wildman–Crippen LogP) is 3.16. The number of likely N-dealkylation sites (tertiary alicyclic amines) is 1. The predicted molar refractivity (Wildman–Crippen MR) is 133 cm³/mol. The molecule has 0 bridgehead atoms. The average Bonchev–Trinajstić information content (AvgIpc) is 3.11. The van der Waals surface area contributed by atoms with Gasteiger partial charge in [0, 0.05) is 11.5 Å². The second-order valence-electron chi connectivity index (χ2n) is 10.7. The second-order valence-corrected chi connectivity index (χ2v) is 10.7. The van der Waals surface area contributed by atoms with Crippen molar-refractivity contribution in [2.75, 3.05) is 13.1 Å². The number of urea groups is 1. The van der Waals surface area contributed by atoms with E-state index >= 15 is 0 Å². The number of hydrogen-bond acceptors (Lipinski definition) is 5. The summed E-state index contributed by atoms with van der Waals surface area (Å²) in [6, 6.07) is 15.1. The van der Waals surface area contributed by atoms with Crippen molar-refractivity contribution in [2.45, 2.75) is 75.0 Å². The standard InChI is InChI=1S/C28H35N3O4/c1-19-10-11-22(32)17-23(19)26-14-16-31(15-6-9-21-7-4-3-5-8-21)20(2)28(26,35)13-12-27(18-26)24(33)29-25(34)30-27/h3-5,7-8,10-11,17,20,32,35H,6,9,12-16,18H2,1-2H3,(H2,29,30,33,34)/t20-,26-,27+,28-/m1/s1. The Bertz CT molecular complexity index is 1140. The van der Waals surface area contributed by atoms with E-state index in [1.807, 2.05) is 19.1 Å². The highest BCUT2D eigenvalue weighted by atomic mass is 16.3. The Hall–Kier alpha value is -2.90. The summed E-state index contributed by atoms with van der Waals surface area (Å²) in [5, 5.41) is 28.2. The molecule has 3 amide bonds. The monoisotopic (exact) mass is 477 g/mol. The third-order valence-corrected chi connectivity index (χ3v) is 8.93. The van der Waals surface area contributed by atoms with Gasteiger partial charge in [-0.25, -0.2) is 4.79 Å². The maximum Gasteiger partial charge on any atom is 0.322 e. The van der Waals surface area contributed by atoms with Gasteiger partial charge in [-0.2, -0.15) is 0 Å². The van der Waals surface area contributed by atoms with Gasteiger partial charge in [-0.3, -0.25) is 15.0 Å². The molecule has 1 aliphatic carbocycles. The molecule has 7 heteroatoms. The number of aryl methyl sites for hydroxylation is 2. The van der Waals surface area contributed by atoms with E-state index in [-0.39, 0.29) is 17.7 Å². The number of nitrogens with one attached hydrogen (secondary N) is 2. The fraction of sp³-hybridized carbons (Fsp3) is 0.500. The normalized spacial score (nSPS) is 32.8. The van der Waals surface area contributed by atoms with E-state index in [2.05, 4.69) is 46.7 Å². The molecule has 2 heterocycles. The van der Waals surface area contributed by atoms with Gasteiger partial charge in [-0.15, -0.1) is 0 Å². The number of hydrogen-bond donors (Lipinski definition) is 4. The van der Waals surface area contributed by atoms with Crippen LogP contribution in [0.25, 0.3) is 0 Å². The van der Waals surface area contributed by atoms with Gasteiger partial charge < -0.3 is 15.5 Å². The molecule has 0 unspecified atom stereocenters. The van der Waals surface area contributed by atoms with Gasteiger partial charge in [0.2, 0.25) is 0 Å². The second kappa shape index (κ2) is 8.64. The average molecular weight is 478 g/mol. The molecule has 2 aromatic carbocycles. The van der Waals surface area contributed by atoms with Crippen LogP contribution in [0.4, 0.5) is 4.79 Å². The summed E-state index contributed by atoms with van der Waals surface area (Å²) in [5.41, 5.74) is 0.198. The number of phenols is 1. The quantitative estimate of drug-likeness (QED) is 0.496. The molecular formula is C28H35N3O4. The number of amides is 3. The summed E-state index contributed by atoms with van der Waals surface area (Å²) in [7, 11) is 0. The van der Waals surface area contributed by atoms with Gasteiger partial charge in [-0.05, 0) is 94.3 Å². The molecule has 35 heavy (non-hydrogen) atoms. The first-order valence-corrected chi connectivity index (χ1v) is 12.6. The number of benzene rings is 2. The van der Waals surface area contributed by atoms with Crippen molar-refractivity contribution in [3.63, 3.8) is 0 Å². The van der Waals surface area contributed by atoms with Crippen LogP contribution in [0.1, 0.15) is 55.7 Å². The van der Waals surface area contributed by atoms with Crippen LogP contribution in [-0.4, -0.2) is 57.3 Å². The Kier molecular flexibility index (Phi) is 5.88. The number of nitrogens with zero attached hydrogens (tertiary/aromatic N) is 1. The fourth-order valence-corrected chi connectivity index (χ4v) is 7.00. The lowest BCUT2D eigenvalue weighted by Crippen LogP contribution is -2.73. The molecule has 0 radical (unpaired) electrons. The minimum atomic E-state index is -1.12. The Morgan fingerprint density at radius 2 is 1.86 bits per heavy atom. The summed E-state index contributed by atoms with van der Waals surface area (Å²) in [6.45, 7) is 5.70. The topological polar surface area (TPSA) is 102 Å². The van der Waals surface area contributed by atoms with Crippen molar-refractivity contribution in [3.05, 3.63) is 65.2 Å². The van der Waals surface area contributed by atoms with Gasteiger partial charge in [0.25, 0.3) is 5.91 Å². The molecule has 7 nitrogen and oxygen atoms in total. The molecule has 4 N–H and O–H groups in total. The lowest BCUT2D eigenvalue weighted by Gasteiger charge is -2.62. The highest BCUT2D eigenvalue weighted by Gasteiger charge is 2.66. The van der Waals surface area contributed by atoms with Crippen molar-refractivity contribution < 1.29 is 19.8 Å². The van der Waals surface area contributed by atoms with Gasteiger partial charge >= 0.3 is 6.03 Å². The van der Waals surface area contributed by atoms with Gasteiger partial charge in [-0.1, -0.05) is 36.4 Å². The first kappa shape index (κ1) is 23.8. The smallest absolute Gasteiger partial charge is 0.322 e. The lowest BCUT2D eigenvalue weighted by atomic mass is 9.49. The summed E-state index contributed by atoms with van der Waals surface area (Å²) in [4.78, 5) is 27.4. The first-order chi connectivity index (χ1) is 16.7. The van der Waals surface area contributed by atoms with Crippen LogP contribution in [0.2, 0.25) is 0 Å². The number of rotatable bonds is 5. The summed E-state index contributed by atoms with van der Waals surface area (Å²) < 4.78 is 0. The van der Waals surface area contributed by atoms with E-state index < -0.39 is 22.6 Å². The lowest BCUT2D eigenvalue weighted by molar-refractivity contribution is -0.170. The van der Waals surface area contributed by atoms with E-state index in [1.54, 1.807) is 12.1 Å². The van der Waals surface area contributed by atoms with E-state index in [0.29, 0.717) is 25.7 Å². The number of carbonyl (C=O) groups is 2. The Balaban J connectivity index is 1.47. The van der Waals surface area contributed by atoms with Crippen LogP contribution < -0.4 is 10.6 Å². The molecule has 2 saturated heterocycles. The maximum absolute atomic E-state index is 13.0. The van der Waals surface area contributed by atoms with Crippen molar-refractivity contribution in [1.29, 1.82) is 0 Å². The number of aliphatic hydroxyl groups is 1. The van der Waals surface area contributed by atoms with Gasteiger partial charge in [0.05, 0.1) is 5.60 Å². The third-order valence-electron chi connectivity index (χ3n) is 8.93. The number of fused-ring (bicyclic) bond motifs is 1. The van der Waals surface area contributed by atoms with E-state index in [4.69, 9.17) is 0 Å². The number of phenolic OH excluding ortho intramolecular Hbond substituents is 1. The number of aromatic hydroxyl groups is 1. The Labute approximate surface area is 206 Å². The minimum Gasteiger partial charge on any atom is -0.508 e. The van der Waals surface area contributed by atoms with Crippen LogP contribution in [0.15, 0.2) is 48.5 Å². The SMILES string of the molecule is Cc1ccc(O)cc1[C@]12CCN(CCCc3ccccc3)[C@H](C)[C@]1(O)CC[C@@]1(C2)NC(=O)NC1=O. The van der Waals surface area contributed by atoms with Crippen LogP contribution in [0.5, 0.6) is 5.75 Å². The Morgan fingerprint density at radius 3 is 2.57 bits per heavy atom. The fourth-order valence-electron chi connectivity index (χ4n) is 7.00. The highest BCUT2D eigenvalue weighted by molar-refractivity contribution is 6.07. The molecule has 3 aliphatic rings. The van der Waals surface area contributed by atoms with Gasteiger partial charge in [0.15, 0.2) is 0 Å². The summed E-state index contributed by atoms with van der Waals surface area (Å²) >= 11 is 0. The molecule has 4 atom stereocenters. The van der Waals surface area contributed by atoms with Gasteiger partial charge in [0.1, 0.15) is 11.3 Å². The first-order valence-electron chi connectivity index (χ1n) is 12.6. The Morgan fingerprint density at radius 1 is 1.09 bits per heavy atom. The maximum atomic E-state index is 13.0. The number of carbonyl (C=O) groups excluding carboxylic acids is 2. The minimum absolute atomic E-state index is 0.139. The van der Waals surface area contributed by atoms with Crippen molar-refractivity contribution in [2.24, 2.45) is 0 Å². The molecule has 5 rings (SSSR count). The van der Waals surface area contributed by atoms with E-state index in [0.717, 1.165) is 37.1 Å². The third kappa shape index (κ3) is 3.81. The van der Waals surface area contributed by atoms with Crippen LogP contribution in [0, 0.1) is 6.92 Å². The molecule has 2 aliphatic heterocycles. The summed E-state index contributed by atoms with van der Waals surface area (Å²) in [5.74, 6) is -0.181. The zero-order chi connectivity index (χ0) is 24.8. The molecule has 0 aromatic heterocycles. The molecule has 1 spiro atoms. The number of piperidine rings is 1. The number of imide groups is 1.